The third-order valence-electron chi connectivity index (χ3n) is 5.40. The summed E-state index contributed by atoms with van der Waals surface area (Å²) in [7, 11) is -7.50. The van der Waals surface area contributed by atoms with Crippen LogP contribution in [-0.2, 0) is 37.6 Å². The van der Waals surface area contributed by atoms with Gasteiger partial charge in [0.15, 0.2) is 0 Å². The molecule has 0 aliphatic rings. The van der Waals surface area contributed by atoms with Gasteiger partial charge in [0.05, 0.1) is 14.7 Å². The lowest BCUT2D eigenvalue weighted by molar-refractivity contribution is -0.121. The second-order valence-electron chi connectivity index (χ2n) is 7.74. The zero-order valence-electron chi connectivity index (χ0n) is 18.1. The van der Waals surface area contributed by atoms with Crippen molar-refractivity contribution < 1.29 is 21.6 Å². The first kappa shape index (κ1) is 23.7. The van der Waals surface area contributed by atoms with Crippen LogP contribution >= 0.6 is 0 Å². The molecule has 4 aromatic rings. The van der Waals surface area contributed by atoms with E-state index in [0.717, 1.165) is 5.56 Å². The number of nitrogens with one attached hydrogen (secondary N) is 1. The molecule has 10 heteroatoms. The Morgan fingerprint density at radius 1 is 0.824 bits per heavy atom. The monoisotopic (exact) mass is 497 g/mol. The normalized spacial score (nSPS) is 12.0. The molecule has 0 atom stereocenters. The fraction of sp³-hybridized carbons (Fsp3) is 0.125. The van der Waals surface area contributed by atoms with Crippen molar-refractivity contribution in [3.63, 3.8) is 0 Å². The average molecular weight is 498 g/mol. The molecule has 1 amide bonds. The molecule has 3 N–H and O–H groups in total. The number of primary sulfonamides is 1. The summed E-state index contributed by atoms with van der Waals surface area (Å²) in [6, 6.07) is 21.4. The summed E-state index contributed by atoms with van der Waals surface area (Å²) in [6.07, 6.45) is 2.00. The van der Waals surface area contributed by atoms with Crippen molar-refractivity contribution >= 4 is 36.7 Å². The van der Waals surface area contributed by atoms with Crippen LogP contribution in [0.4, 0.5) is 0 Å². The second kappa shape index (κ2) is 9.41. The average Bonchev–Trinajstić information content (AvgIpc) is 3.18. The van der Waals surface area contributed by atoms with Crippen molar-refractivity contribution in [1.29, 1.82) is 0 Å². The van der Waals surface area contributed by atoms with Crippen molar-refractivity contribution in [1.82, 2.24) is 9.88 Å². The Labute approximate surface area is 198 Å². The number of carbonyl (C=O) groups is 1. The van der Waals surface area contributed by atoms with Gasteiger partial charge in [0.2, 0.25) is 25.8 Å². The summed E-state index contributed by atoms with van der Waals surface area (Å²) in [4.78, 5) is 13.0. The van der Waals surface area contributed by atoms with Crippen molar-refractivity contribution in [2.45, 2.75) is 27.7 Å². The minimum absolute atomic E-state index is 0.0287. The molecule has 4 rings (SSSR count). The molecule has 34 heavy (non-hydrogen) atoms. The van der Waals surface area contributed by atoms with Crippen LogP contribution in [0.5, 0.6) is 0 Å². The molecule has 0 saturated heterocycles. The van der Waals surface area contributed by atoms with Crippen LogP contribution in [0.15, 0.2) is 99.7 Å². The standard InChI is InChI=1S/C24H23N3O5S2/c25-34(31,32)20-12-10-18(11-13-20)14-15-26-24(28)17-27-16-23(21-8-4-5-9-22(21)27)33(29,30)19-6-2-1-3-7-19/h1-13,16H,14-15,17H2,(H,26,28)(H2,25,31,32). The molecule has 0 unspecified atom stereocenters. The van der Waals surface area contributed by atoms with Gasteiger partial charge in [-0.25, -0.2) is 22.0 Å². The van der Waals surface area contributed by atoms with E-state index in [1.165, 1.54) is 18.3 Å². The fourth-order valence-electron chi connectivity index (χ4n) is 3.69. The Kier molecular flexibility index (Phi) is 6.56. The van der Waals surface area contributed by atoms with E-state index >= 15 is 0 Å². The summed E-state index contributed by atoms with van der Waals surface area (Å²) in [5, 5.41) is 8.46. The lowest BCUT2D eigenvalue weighted by atomic mass is 10.1. The van der Waals surface area contributed by atoms with Crippen LogP contribution in [0.25, 0.3) is 10.9 Å². The molecule has 0 spiro atoms. The predicted octanol–water partition coefficient (Wildman–Crippen LogP) is 2.48. The molecule has 3 aromatic carbocycles. The number of hydrogen-bond acceptors (Lipinski definition) is 5. The van der Waals surface area contributed by atoms with Gasteiger partial charge in [0.1, 0.15) is 6.54 Å². The van der Waals surface area contributed by atoms with E-state index < -0.39 is 19.9 Å². The van der Waals surface area contributed by atoms with Crippen LogP contribution in [0.3, 0.4) is 0 Å². The van der Waals surface area contributed by atoms with Crippen molar-refractivity contribution in [3.05, 3.63) is 90.6 Å². The van der Waals surface area contributed by atoms with Gasteiger partial charge >= 0.3 is 0 Å². The number of nitrogens with two attached hydrogens (primary N) is 1. The minimum Gasteiger partial charge on any atom is -0.354 e. The van der Waals surface area contributed by atoms with Crippen molar-refractivity contribution in [3.8, 4) is 0 Å². The summed E-state index contributed by atoms with van der Waals surface area (Å²) in [6.45, 7) is 0.289. The summed E-state index contributed by atoms with van der Waals surface area (Å²) in [5.74, 6) is -0.273. The van der Waals surface area contributed by atoms with Crippen LogP contribution in [-0.4, -0.2) is 33.9 Å². The van der Waals surface area contributed by atoms with Crippen molar-refractivity contribution in [2.75, 3.05) is 6.54 Å². The lowest BCUT2D eigenvalue weighted by Crippen LogP contribution is -2.29. The van der Waals surface area contributed by atoms with E-state index in [4.69, 9.17) is 5.14 Å². The maximum Gasteiger partial charge on any atom is 0.239 e. The summed E-state index contributed by atoms with van der Waals surface area (Å²) in [5.41, 5.74) is 1.49. The highest BCUT2D eigenvalue weighted by Crippen LogP contribution is 2.30. The Morgan fingerprint density at radius 3 is 2.15 bits per heavy atom. The van der Waals surface area contributed by atoms with Gasteiger partial charge in [-0.1, -0.05) is 48.5 Å². The van der Waals surface area contributed by atoms with Gasteiger partial charge in [-0.3, -0.25) is 4.79 Å². The number of fused-ring (bicyclic) bond motifs is 1. The lowest BCUT2D eigenvalue weighted by Gasteiger charge is -2.08. The van der Waals surface area contributed by atoms with Crippen LogP contribution in [0, 0.1) is 0 Å². The highest BCUT2D eigenvalue weighted by molar-refractivity contribution is 7.91. The number of aromatic nitrogens is 1. The van der Waals surface area contributed by atoms with Gasteiger partial charge < -0.3 is 9.88 Å². The number of amides is 1. The van der Waals surface area contributed by atoms with Crippen LogP contribution in [0.1, 0.15) is 5.56 Å². The molecule has 0 saturated carbocycles. The third-order valence-corrected chi connectivity index (χ3v) is 8.12. The Morgan fingerprint density at radius 2 is 1.47 bits per heavy atom. The van der Waals surface area contributed by atoms with Gasteiger partial charge in [-0.15, -0.1) is 0 Å². The largest absolute Gasteiger partial charge is 0.354 e. The first-order valence-corrected chi connectivity index (χ1v) is 13.5. The van der Waals surface area contributed by atoms with Crippen molar-refractivity contribution in [2.24, 2.45) is 5.14 Å². The van der Waals surface area contributed by atoms with Crippen LogP contribution in [0.2, 0.25) is 0 Å². The van der Waals surface area contributed by atoms with E-state index in [1.54, 1.807) is 71.3 Å². The fourth-order valence-corrected chi connectivity index (χ4v) is 5.70. The highest BCUT2D eigenvalue weighted by atomic mass is 32.2. The summed E-state index contributed by atoms with van der Waals surface area (Å²) >= 11 is 0. The third kappa shape index (κ3) is 5.04. The van der Waals surface area contributed by atoms with Gasteiger partial charge in [0, 0.05) is 23.6 Å². The molecule has 8 nitrogen and oxygen atoms in total. The number of para-hydroxylation sites is 1. The molecule has 0 aliphatic carbocycles. The number of carbonyl (C=O) groups excluding carboxylic acids is 1. The second-order valence-corrected chi connectivity index (χ2v) is 11.2. The van der Waals surface area contributed by atoms with Gasteiger partial charge in [-0.2, -0.15) is 0 Å². The number of nitrogens with zero attached hydrogens (tertiary/aromatic N) is 1. The number of hydrogen-bond donors (Lipinski definition) is 2. The number of rotatable bonds is 8. The zero-order valence-corrected chi connectivity index (χ0v) is 19.7. The van der Waals surface area contributed by atoms with Gasteiger partial charge in [-0.05, 0) is 42.3 Å². The molecule has 176 valence electrons. The Hall–Kier alpha value is -3.47. The van der Waals surface area contributed by atoms with E-state index in [0.29, 0.717) is 23.9 Å². The Balaban J connectivity index is 1.48. The number of sulfone groups is 1. The summed E-state index contributed by atoms with van der Waals surface area (Å²) < 4.78 is 50.7. The Bertz CT molecular complexity index is 1540. The molecule has 0 aliphatic heterocycles. The molecule has 1 heterocycles. The van der Waals surface area contributed by atoms with Gasteiger partial charge in [0.25, 0.3) is 0 Å². The van der Waals surface area contributed by atoms with E-state index in [-0.39, 0.29) is 27.1 Å². The maximum absolute atomic E-state index is 13.2. The minimum atomic E-state index is -3.75. The molecule has 0 fully saturated rings. The SMILES string of the molecule is NS(=O)(=O)c1ccc(CCNC(=O)Cn2cc(S(=O)(=O)c3ccccc3)c3ccccc32)cc1. The molecule has 0 radical (unpaired) electrons. The first-order chi connectivity index (χ1) is 16.2. The molecular formula is C24H23N3O5S2. The van der Waals surface area contributed by atoms with E-state index in [9.17, 15) is 21.6 Å². The first-order valence-electron chi connectivity index (χ1n) is 10.4. The number of sulfonamides is 1. The van der Waals surface area contributed by atoms with E-state index in [1.807, 2.05) is 0 Å². The maximum atomic E-state index is 13.2. The zero-order chi connectivity index (χ0) is 24.3. The molecule has 0 bridgehead atoms. The number of benzene rings is 3. The predicted molar refractivity (Wildman–Crippen MR) is 128 cm³/mol. The smallest absolute Gasteiger partial charge is 0.239 e. The van der Waals surface area contributed by atoms with Crippen LogP contribution < -0.4 is 10.5 Å². The van der Waals surface area contributed by atoms with E-state index in [2.05, 4.69) is 5.32 Å². The quantitative estimate of drug-likeness (QED) is 0.386. The highest BCUT2D eigenvalue weighted by Gasteiger charge is 2.23. The molecule has 1 aromatic heterocycles. The molecular weight excluding hydrogens is 474 g/mol. The topological polar surface area (TPSA) is 128 Å².